The fraction of sp³-hybridized carbons (Fsp3) is 0.647. The second-order valence-corrected chi connectivity index (χ2v) is 6.88. The Labute approximate surface area is 112 Å². The van der Waals surface area contributed by atoms with E-state index in [-0.39, 0.29) is 0 Å². The molecule has 1 fully saturated rings. The monoisotopic (exact) mass is 245 g/mol. The molecule has 0 heterocycles. The maximum Gasteiger partial charge on any atom is 0.00880 e. The average Bonchev–Trinajstić information content (AvgIpc) is 2.27. The first-order valence-electron chi connectivity index (χ1n) is 7.17. The molecule has 0 aliphatic heterocycles. The van der Waals surface area contributed by atoms with Gasteiger partial charge in [0.1, 0.15) is 0 Å². The summed E-state index contributed by atoms with van der Waals surface area (Å²) in [5.74, 6) is 0. The number of likely N-dealkylation sites (N-methyl/N-ethyl adjacent to an activating group) is 1. The average molecular weight is 245 g/mol. The third-order valence-corrected chi connectivity index (χ3v) is 4.47. The van der Waals surface area contributed by atoms with E-state index in [4.69, 9.17) is 0 Å². The Kier molecular flexibility index (Phi) is 3.55. The van der Waals surface area contributed by atoms with Crippen LogP contribution in [0, 0.1) is 19.3 Å². The fourth-order valence-corrected chi connectivity index (χ4v) is 3.65. The third kappa shape index (κ3) is 2.47. The molecule has 0 unspecified atom stereocenters. The number of nitrogens with one attached hydrogen (secondary N) is 1. The Morgan fingerprint density at radius 3 is 2.28 bits per heavy atom. The maximum absolute atomic E-state index is 3.56. The van der Waals surface area contributed by atoms with Crippen LogP contribution in [-0.2, 0) is 5.41 Å². The minimum atomic E-state index is 0.373. The summed E-state index contributed by atoms with van der Waals surface area (Å²) in [6.07, 6.45) is 2.60. The van der Waals surface area contributed by atoms with Crippen molar-refractivity contribution in [3.8, 4) is 0 Å². The van der Waals surface area contributed by atoms with Gasteiger partial charge in [0.2, 0.25) is 0 Å². The van der Waals surface area contributed by atoms with Crippen LogP contribution >= 0.6 is 0 Å². The molecule has 0 bridgehead atoms. The van der Waals surface area contributed by atoms with E-state index in [0.29, 0.717) is 10.8 Å². The van der Waals surface area contributed by atoms with E-state index in [0.717, 1.165) is 13.1 Å². The molecule has 0 amide bonds. The van der Waals surface area contributed by atoms with Crippen molar-refractivity contribution in [1.29, 1.82) is 0 Å². The van der Waals surface area contributed by atoms with Crippen LogP contribution in [-0.4, -0.2) is 13.1 Å². The van der Waals surface area contributed by atoms with Crippen LogP contribution in [0.15, 0.2) is 18.2 Å². The van der Waals surface area contributed by atoms with Crippen molar-refractivity contribution in [1.82, 2.24) is 5.32 Å². The van der Waals surface area contributed by atoms with Crippen molar-refractivity contribution in [2.45, 2.75) is 52.9 Å². The van der Waals surface area contributed by atoms with Crippen molar-refractivity contribution in [3.63, 3.8) is 0 Å². The number of aryl methyl sites for hydroxylation is 2. The van der Waals surface area contributed by atoms with Crippen molar-refractivity contribution in [2.24, 2.45) is 5.41 Å². The summed E-state index contributed by atoms with van der Waals surface area (Å²) in [6.45, 7) is 13.6. The van der Waals surface area contributed by atoms with Crippen LogP contribution in [0.25, 0.3) is 0 Å². The standard InChI is InChI=1S/C17H27N/c1-6-18-12-17(10-16(4,5)11-17)15-8-7-13(2)14(3)9-15/h7-9,18H,6,10-12H2,1-5H3. The molecular weight excluding hydrogens is 218 g/mol. The number of hydrogen-bond acceptors (Lipinski definition) is 1. The summed E-state index contributed by atoms with van der Waals surface area (Å²) in [5, 5.41) is 3.56. The van der Waals surface area contributed by atoms with E-state index >= 15 is 0 Å². The SMILES string of the molecule is CCNCC1(c2ccc(C)c(C)c2)CC(C)(C)C1. The molecule has 0 spiro atoms. The molecule has 1 nitrogen and oxygen atoms in total. The predicted molar refractivity (Wildman–Crippen MR) is 79.2 cm³/mol. The normalized spacial score (nSPS) is 20.5. The first-order chi connectivity index (χ1) is 8.38. The van der Waals surface area contributed by atoms with Gasteiger partial charge < -0.3 is 5.32 Å². The minimum Gasteiger partial charge on any atom is -0.316 e. The molecule has 0 aromatic heterocycles. The highest BCUT2D eigenvalue weighted by Crippen LogP contribution is 2.55. The molecule has 0 atom stereocenters. The van der Waals surface area contributed by atoms with Crippen molar-refractivity contribution >= 4 is 0 Å². The zero-order valence-electron chi connectivity index (χ0n) is 12.6. The molecule has 1 heteroatoms. The second kappa shape index (κ2) is 4.70. The molecule has 100 valence electrons. The van der Waals surface area contributed by atoms with Gasteiger partial charge in [-0.1, -0.05) is 39.0 Å². The van der Waals surface area contributed by atoms with Gasteiger partial charge in [-0.25, -0.2) is 0 Å². The lowest BCUT2D eigenvalue weighted by atomic mass is 9.51. The summed E-state index contributed by atoms with van der Waals surface area (Å²) in [6, 6.07) is 7.03. The van der Waals surface area contributed by atoms with E-state index < -0.39 is 0 Å². The van der Waals surface area contributed by atoms with Crippen LogP contribution in [0.4, 0.5) is 0 Å². The van der Waals surface area contributed by atoms with Crippen LogP contribution in [0.3, 0.4) is 0 Å². The van der Waals surface area contributed by atoms with E-state index in [1.807, 2.05) is 0 Å². The van der Waals surface area contributed by atoms with Gasteiger partial charge in [-0.15, -0.1) is 0 Å². The highest BCUT2D eigenvalue weighted by atomic mass is 14.9. The highest BCUT2D eigenvalue weighted by Gasteiger charge is 2.49. The van der Waals surface area contributed by atoms with Crippen LogP contribution in [0.1, 0.15) is 50.3 Å². The summed E-state index contributed by atoms with van der Waals surface area (Å²) in [4.78, 5) is 0. The van der Waals surface area contributed by atoms with Gasteiger partial charge in [0.25, 0.3) is 0 Å². The Morgan fingerprint density at radius 1 is 1.11 bits per heavy atom. The largest absolute Gasteiger partial charge is 0.316 e. The summed E-state index contributed by atoms with van der Waals surface area (Å²) < 4.78 is 0. The first-order valence-corrected chi connectivity index (χ1v) is 7.17. The summed E-state index contributed by atoms with van der Waals surface area (Å²) >= 11 is 0. The lowest BCUT2D eigenvalue weighted by Crippen LogP contribution is -2.52. The van der Waals surface area contributed by atoms with Crippen molar-refractivity contribution in [2.75, 3.05) is 13.1 Å². The number of rotatable bonds is 4. The van der Waals surface area contributed by atoms with E-state index in [1.54, 1.807) is 0 Å². The van der Waals surface area contributed by atoms with Gasteiger partial charge in [-0.2, -0.15) is 0 Å². The molecule has 1 aliphatic rings. The fourth-order valence-electron chi connectivity index (χ4n) is 3.65. The first kappa shape index (κ1) is 13.6. The lowest BCUT2D eigenvalue weighted by Gasteiger charge is -2.54. The molecule has 1 saturated carbocycles. The second-order valence-electron chi connectivity index (χ2n) is 6.88. The zero-order valence-corrected chi connectivity index (χ0v) is 12.6. The quantitative estimate of drug-likeness (QED) is 0.846. The maximum atomic E-state index is 3.56. The number of hydrogen-bond donors (Lipinski definition) is 1. The van der Waals surface area contributed by atoms with Crippen LogP contribution in [0.2, 0.25) is 0 Å². The van der Waals surface area contributed by atoms with Crippen LogP contribution in [0.5, 0.6) is 0 Å². The smallest absolute Gasteiger partial charge is 0.00880 e. The topological polar surface area (TPSA) is 12.0 Å². The predicted octanol–water partition coefficient (Wildman–Crippen LogP) is 3.97. The summed E-state index contributed by atoms with van der Waals surface area (Å²) in [7, 11) is 0. The Hall–Kier alpha value is -0.820. The van der Waals surface area contributed by atoms with E-state index in [9.17, 15) is 0 Å². The lowest BCUT2D eigenvalue weighted by molar-refractivity contribution is 0.0567. The molecule has 0 radical (unpaired) electrons. The minimum absolute atomic E-state index is 0.373. The van der Waals surface area contributed by atoms with E-state index in [1.165, 1.54) is 29.5 Å². The highest BCUT2D eigenvalue weighted by molar-refractivity contribution is 5.37. The molecule has 1 aliphatic carbocycles. The van der Waals surface area contributed by atoms with Crippen molar-refractivity contribution in [3.05, 3.63) is 34.9 Å². The van der Waals surface area contributed by atoms with Gasteiger partial charge >= 0.3 is 0 Å². The summed E-state index contributed by atoms with van der Waals surface area (Å²) in [5.41, 5.74) is 5.24. The molecule has 0 saturated heterocycles. The van der Waals surface area contributed by atoms with Gasteiger partial charge in [-0.05, 0) is 55.3 Å². The third-order valence-electron chi connectivity index (χ3n) is 4.47. The Bertz CT molecular complexity index is 423. The molecule has 2 rings (SSSR count). The van der Waals surface area contributed by atoms with Gasteiger partial charge in [0, 0.05) is 12.0 Å². The zero-order chi connectivity index (χ0) is 13.4. The Balaban J connectivity index is 2.27. The molecule has 1 aromatic rings. The van der Waals surface area contributed by atoms with Gasteiger partial charge in [-0.3, -0.25) is 0 Å². The van der Waals surface area contributed by atoms with Gasteiger partial charge in [0.05, 0.1) is 0 Å². The molecule has 1 aromatic carbocycles. The van der Waals surface area contributed by atoms with Crippen molar-refractivity contribution < 1.29 is 0 Å². The van der Waals surface area contributed by atoms with E-state index in [2.05, 4.69) is 58.1 Å². The molecule has 18 heavy (non-hydrogen) atoms. The Morgan fingerprint density at radius 2 is 1.78 bits per heavy atom. The molecule has 1 N–H and O–H groups in total. The molecular formula is C17H27N. The number of benzene rings is 1. The van der Waals surface area contributed by atoms with Crippen LogP contribution < -0.4 is 5.32 Å². The van der Waals surface area contributed by atoms with Gasteiger partial charge in [0.15, 0.2) is 0 Å².